The van der Waals surface area contributed by atoms with Crippen LogP contribution in [0, 0.1) is 5.41 Å². The number of aromatic nitrogens is 2. The molecule has 26 heavy (non-hydrogen) atoms. The fourth-order valence-electron chi connectivity index (χ4n) is 3.96. The molecule has 0 saturated heterocycles. The number of imidazole rings is 1. The van der Waals surface area contributed by atoms with E-state index in [1.807, 2.05) is 0 Å². The lowest BCUT2D eigenvalue weighted by molar-refractivity contribution is 0.0832. The van der Waals surface area contributed by atoms with Gasteiger partial charge in [-0.1, -0.05) is 25.0 Å². The summed E-state index contributed by atoms with van der Waals surface area (Å²) in [5, 5.41) is 3.15. The number of nitrogens with one attached hydrogen (secondary N) is 1. The number of hydrogen-bond acceptors (Lipinski definition) is 5. The summed E-state index contributed by atoms with van der Waals surface area (Å²) in [4.78, 5) is 16.7. The average molecular weight is 372 g/mol. The Hall–Kier alpha value is -2.48. The van der Waals surface area contributed by atoms with E-state index in [1.54, 1.807) is 36.7 Å². The Balaban J connectivity index is 1.60. The topological polar surface area (TPSA) is 93.4 Å². The summed E-state index contributed by atoms with van der Waals surface area (Å²) >= 11 is 0. The third kappa shape index (κ3) is 3.16. The summed E-state index contributed by atoms with van der Waals surface area (Å²) in [5.74, 6) is 0.396. The van der Waals surface area contributed by atoms with E-state index >= 15 is 0 Å². The highest BCUT2D eigenvalue weighted by Crippen LogP contribution is 2.45. The van der Waals surface area contributed by atoms with Crippen LogP contribution in [0.5, 0.6) is 0 Å². The zero-order valence-corrected chi connectivity index (χ0v) is 15.1. The zero-order chi connectivity index (χ0) is 18.2. The van der Waals surface area contributed by atoms with Crippen LogP contribution in [-0.2, 0) is 10.0 Å². The molecule has 1 aromatic heterocycles. The van der Waals surface area contributed by atoms with Crippen molar-refractivity contribution < 1.29 is 13.2 Å². The van der Waals surface area contributed by atoms with E-state index in [0.29, 0.717) is 24.4 Å². The Morgan fingerprint density at radius 3 is 2.73 bits per heavy atom. The average Bonchev–Trinajstić information content (AvgIpc) is 3.26. The van der Waals surface area contributed by atoms with Gasteiger partial charge in [-0.15, -0.1) is 4.40 Å². The van der Waals surface area contributed by atoms with Crippen molar-refractivity contribution in [3.8, 4) is 0 Å². The number of amidine groups is 1. The number of sulfonamides is 1. The molecule has 1 aliphatic heterocycles. The van der Waals surface area contributed by atoms with E-state index < -0.39 is 10.0 Å². The van der Waals surface area contributed by atoms with Crippen molar-refractivity contribution in [3.63, 3.8) is 0 Å². The Morgan fingerprint density at radius 1 is 1.23 bits per heavy atom. The van der Waals surface area contributed by atoms with Crippen molar-refractivity contribution in [1.82, 2.24) is 9.55 Å². The highest BCUT2D eigenvalue weighted by molar-refractivity contribution is 7.90. The molecule has 7 nitrogen and oxygen atoms in total. The minimum Gasteiger partial charge on any atom is -0.342 e. The highest BCUT2D eigenvalue weighted by Gasteiger charge is 2.39. The van der Waals surface area contributed by atoms with Crippen molar-refractivity contribution in [3.05, 3.63) is 43.0 Å². The molecule has 2 aromatic rings. The highest BCUT2D eigenvalue weighted by atomic mass is 32.2. The summed E-state index contributed by atoms with van der Waals surface area (Å²) < 4.78 is 30.4. The molecule has 2 heterocycles. The first-order valence-electron chi connectivity index (χ1n) is 8.69. The lowest BCUT2D eigenvalue weighted by Crippen LogP contribution is -2.31. The first-order valence-corrected chi connectivity index (χ1v) is 10.1. The molecule has 1 aromatic carbocycles. The fraction of sp³-hybridized carbons (Fsp3) is 0.389. The summed E-state index contributed by atoms with van der Waals surface area (Å²) in [7, 11) is -3.71. The first kappa shape index (κ1) is 17.0. The van der Waals surface area contributed by atoms with Crippen LogP contribution in [0.1, 0.15) is 43.3 Å². The van der Waals surface area contributed by atoms with Crippen LogP contribution in [0.3, 0.4) is 0 Å². The predicted molar refractivity (Wildman–Crippen MR) is 97.7 cm³/mol. The Morgan fingerprint density at radius 2 is 2.00 bits per heavy atom. The van der Waals surface area contributed by atoms with Crippen LogP contribution in [-0.4, -0.2) is 29.7 Å². The van der Waals surface area contributed by atoms with Crippen molar-refractivity contribution in [1.29, 1.82) is 0 Å². The number of carbonyl (C=O) groups is 1. The van der Waals surface area contributed by atoms with E-state index in [-0.39, 0.29) is 16.2 Å². The number of hydrogen-bond donors (Lipinski definition) is 1. The second kappa shape index (κ2) is 6.35. The van der Waals surface area contributed by atoms with Gasteiger partial charge in [0.15, 0.2) is 0 Å². The minimum absolute atomic E-state index is 0.0240. The molecule has 0 bridgehead atoms. The van der Waals surface area contributed by atoms with Gasteiger partial charge in [0.1, 0.15) is 17.1 Å². The molecule has 0 radical (unpaired) electrons. The van der Waals surface area contributed by atoms with Gasteiger partial charge in [0.25, 0.3) is 10.0 Å². The standard InChI is InChI=1S/C18H20N4O3S/c23-17(22-10-9-19-13-22)12-18(7-3-4-8-18)11-16-20-14-5-1-2-6-15(14)26(24,25)21-16/h1-2,5-6,9-10,13H,3-4,7-8,11-12H2,(H,20,21). The lowest BCUT2D eigenvalue weighted by atomic mass is 9.78. The van der Waals surface area contributed by atoms with Gasteiger partial charge in [-0.3, -0.25) is 9.36 Å². The smallest absolute Gasteiger partial charge is 0.286 e. The monoisotopic (exact) mass is 372 g/mol. The number of carbonyl (C=O) groups excluding carboxylic acids is 1. The largest absolute Gasteiger partial charge is 0.342 e. The van der Waals surface area contributed by atoms with Crippen molar-refractivity contribution in [2.45, 2.75) is 43.4 Å². The van der Waals surface area contributed by atoms with Crippen LogP contribution in [0.15, 0.2) is 52.3 Å². The molecule has 1 aliphatic carbocycles. The molecule has 1 fully saturated rings. The summed E-state index contributed by atoms with van der Waals surface area (Å²) in [5.41, 5.74) is 0.279. The molecule has 136 valence electrons. The molecule has 2 aliphatic rings. The van der Waals surface area contributed by atoms with Gasteiger partial charge in [0.05, 0.1) is 5.69 Å². The van der Waals surface area contributed by atoms with Gasteiger partial charge in [-0.2, -0.15) is 8.42 Å². The van der Waals surface area contributed by atoms with Crippen LogP contribution < -0.4 is 5.32 Å². The van der Waals surface area contributed by atoms with E-state index in [0.717, 1.165) is 25.7 Å². The molecule has 1 N–H and O–H groups in total. The number of para-hydroxylation sites is 1. The zero-order valence-electron chi connectivity index (χ0n) is 14.3. The maximum atomic E-state index is 12.6. The summed E-state index contributed by atoms with van der Waals surface area (Å²) in [6, 6.07) is 6.75. The maximum absolute atomic E-state index is 12.6. The number of anilines is 1. The van der Waals surface area contributed by atoms with Gasteiger partial charge in [0, 0.05) is 25.2 Å². The second-order valence-electron chi connectivity index (χ2n) is 7.06. The Labute approximate surface area is 152 Å². The molecule has 8 heteroatoms. The molecular formula is C18H20N4O3S. The normalized spacial score (nSPS) is 20.1. The van der Waals surface area contributed by atoms with E-state index in [1.165, 1.54) is 10.9 Å². The fourth-order valence-corrected chi connectivity index (χ4v) is 5.11. The molecule has 0 atom stereocenters. The summed E-state index contributed by atoms with van der Waals surface area (Å²) in [6.07, 6.45) is 9.36. The molecule has 4 rings (SSSR count). The molecule has 0 unspecified atom stereocenters. The van der Waals surface area contributed by atoms with E-state index in [9.17, 15) is 13.2 Å². The predicted octanol–water partition coefficient (Wildman–Crippen LogP) is 3.08. The van der Waals surface area contributed by atoms with Crippen LogP contribution in [0.4, 0.5) is 5.69 Å². The van der Waals surface area contributed by atoms with Gasteiger partial charge in [0.2, 0.25) is 5.91 Å². The third-order valence-corrected chi connectivity index (χ3v) is 6.57. The number of rotatable bonds is 4. The SMILES string of the molecule is O=C(CC1(CC2=NS(=O)(=O)c3ccccc3N2)CCCC1)n1ccnc1. The van der Waals surface area contributed by atoms with Gasteiger partial charge < -0.3 is 5.32 Å². The van der Waals surface area contributed by atoms with Crippen LogP contribution >= 0.6 is 0 Å². The number of nitrogens with zero attached hydrogens (tertiary/aromatic N) is 3. The second-order valence-corrected chi connectivity index (χ2v) is 8.63. The molecular weight excluding hydrogens is 352 g/mol. The third-order valence-electron chi connectivity index (χ3n) is 5.20. The minimum atomic E-state index is -3.71. The molecule has 0 amide bonds. The quantitative estimate of drug-likeness (QED) is 0.890. The van der Waals surface area contributed by atoms with Crippen molar-refractivity contribution >= 4 is 27.5 Å². The van der Waals surface area contributed by atoms with E-state index in [2.05, 4.69) is 14.7 Å². The molecule has 0 spiro atoms. The van der Waals surface area contributed by atoms with Crippen molar-refractivity contribution in [2.24, 2.45) is 9.81 Å². The van der Waals surface area contributed by atoms with Gasteiger partial charge >= 0.3 is 0 Å². The number of fused-ring (bicyclic) bond motifs is 1. The lowest BCUT2D eigenvalue weighted by Gasteiger charge is -2.30. The first-order chi connectivity index (χ1) is 12.5. The number of benzene rings is 1. The Kier molecular flexibility index (Phi) is 4.14. The van der Waals surface area contributed by atoms with Gasteiger partial charge in [-0.05, 0) is 30.4 Å². The van der Waals surface area contributed by atoms with E-state index in [4.69, 9.17) is 0 Å². The molecule has 1 saturated carbocycles. The Bertz CT molecular complexity index is 958. The van der Waals surface area contributed by atoms with Crippen LogP contribution in [0.2, 0.25) is 0 Å². The maximum Gasteiger partial charge on any atom is 0.286 e. The summed E-state index contributed by atoms with van der Waals surface area (Å²) in [6.45, 7) is 0. The van der Waals surface area contributed by atoms with Crippen LogP contribution in [0.25, 0.3) is 0 Å². The van der Waals surface area contributed by atoms with Crippen molar-refractivity contribution in [2.75, 3.05) is 5.32 Å². The van der Waals surface area contributed by atoms with Gasteiger partial charge in [-0.25, -0.2) is 4.98 Å².